The number of anilines is 1. The van der Waals surface area contributed by atoms with Crippen LogP contribution in [0.4, 0.5) is 10.2 Å². The first kappa shape index (κ1) is 19.0. The van der Waals surface area contributed by atoms with Gasteiger partial charge in [-0.05, 0) is 31.4 Å². The fourth-order valence-electron chi connectivity index (χ4n) is 3.72. The number of nitrogens with one attached hydrogen (secondary N) is 1. The maximum atomic E-state index is 14.3. The van der Waals surface area contributed by atoms with Gasteiger partial charge in [0.15, 0.2) is 0 Å². The van der Waals surface area contributed by atoms with E-state index < -0.39 is 0 Å². The van der Waals surface area contributed by atoms with E-state index >= 15 is 0 Å². The lowest BCUT2D eigenvalue weighted by Crippen LogP contribution is -2.41. The second kappa shape index (κ2) is 8.36. The summed E-state index contributed by atoms with van der Waals surface area (Å²) in [5, 5.41) is 3.56. The van der Waals surface area contributed by atoms with Crippen LogP contribution in [0.2, 0.25) is 0 Å². The maximum Gasteiger partial charge on any atom is 0.223 e. The summed E-state index contributed by atoms with van der Waals surface area (Å²) in [6.07, 6.45) is 3.88. The molecule has 1 aromatic carbocycles. The number of piperidine rings is 1. The Labute approximate surface area is 166 Å². The quantitative estimate of drug-likeness (QED) is 0.641. The summed E-state index contributed by atoms with van der Waals surface area (Å²) in [4.78, 5) is 23.3. The van der Waals surface area contributed by atoms with Crippen molar-refractivity contribution in [3.63, 3.8) is 0 Å². The van der Waals surface area contributed by atoms with Gasteiger partial charge in [-0.2, -0.15) is 0 Å². The van der Waals surface area contributed by atoms with E-state index in [2.05, 4.69) is 20.2 Å². The van der Waals surface area contributed by atoms with Crippen molar-refractivity contribution in [3.8, 4) is 0 Å². The molecule has 4 rings (SSSR count). The molecule has 1 aliphatic rings. The minimum atomic E-state index is -0.253. The molecule has 1 saturated heterocycles. The van der Waals surface area contributed by atoms with Gasteiger partial charge >= 0.3 is 0 Å². The van der Waals surface area contributed by atoms with Gasteiger partial charge in [0.25, 0.3) is 0 Å². The summed E-state index contributed by atoms with van der Waals surface area (Å²) in [7, 11) is 1.66. The molecule has 3 heterocycles. The summed E-state index contributed by atoms with van der Waals surface area (Å²) in [6.45, 7) is 2.79. The first-order valence-corrected chi connectivity index (χ1v) is 10.3. The normalized spacial score (nSPS) is 15.4. The topological polar surface area (TPSA) is 67.3 Å². The smallest absolute Gasteiger partial charge is 0.223 e. The third kappa shape index (κ3) is 3.66. The molecule has 1 aliphatic heterocycles. The molecule has 0 atom stereocenters. The number of aromatic nitrogens is 2. The Hall–Kier alpha value is -2.32. The highest BCUT2D eigenvalue weighted by molar-refractivity contribution is 7.26. The highest BCUT2D eigenvalue weighted by atomic mass is 32.1. The average Bonchev–Trinajstić information content (AvgIpc) is 3.11. The fourth-order valence-corrected chi connectivity index (χ4v) is 4.90. The second-order valence-corrected chi connectivity index (χ2v) is 8.04. The number of fused-ring (bicyclic) bond motifs is 3. The van der Waals surface area contributed by atoms with E-state index in [9.17, 15) is 9.18 Å². The van der Waals surface area contributed by atoms with Crippen LogP contribution in [0.25, 0.3) is 20.3 Å². The van der Waals surface area contributed by atoms with Crippen molar-refractivity contribution in [2.75, 3.05) is 38.3 Å². The van der Waals surface area contributed by atoms with E-state index in [4.69, 9.17) is 4.74 Å². The Bertz CT molecular complexity index is 985. The molecule has 1 amide bonds. The molecule has 0 spiro atoms. The van der Waals surface area contributed by atoms with Gasteiger partial charge in [0.2, 0.25) is 5.91 Å². The van der Waals surface area contributed by atoms with Gasteiger partial charge in [-0.25, -0.2) is 14.4 Å². The molecule has 1 N–H and O–H groups in total. The summed E-state index contributed by atoms with van der Waals surface area (Å²) in [5.74, 6) is 0.727. The number of amides is 1. The molecule has 0 radical (unpaired) electrons. The first-order valence-electron chi connectivity index (χ1n) is 9.52. The summed E-state index contributed by atoms with van der Waals surface area (Å²) in [6, 6.07) is 5.10. The number of hydrogen-bond donors (Lipinski definition) is 1. The van der Waals surface area contributed by atoms with Crippen LogP contribution >= 0.6 is 11.3 Å². The summed E-state index contributed by atoms with van der Waals surface area (Å²) < 4.78 is 21.1. The molecule has 2 aromatic heterocycles. The van der Waals surface area contributed by atoms with E-state index in [1.165, 1.54) is 23.7 Å². The van der Waals surface area contributed by atoms with Crippen LogP contribution in [-0.2, 0) is 9.53 Å². The Morgan fingerprint density at radius 2 is 2.18 bits per heavy atom. The Morgan fingerprint density at radius 1 is 1.36 bits per heavy atom. The van der Waals surface area contributed by atoms with Crippen LogP contribution < -0.4 is 10.2 Å². The Balaban J connectivity index is 1.48. The predicted molar refractivity (Wildman–Crippen MR) is 109 cm³/mol. The molecule has 8 heteroatoms. The van der Waals surface area contributed by atoms with E-state index in [0.717, 1.165) is 47.6 Å². The van der Waals surface area contributed by atoms with Crippen molar-refractivity contribution in [3.05, 3.63) is 30.3 Å². The fraction of sp³-hybridized carbons (Fsp3) is 0.450. The second-order valence-electron chi connectivity index (χ2n) is 6.99. The predicted octanol–water partition coefficient (Wildman–Crippen LogP) is 3.35. The van der Waals surface area contributed by atoms with Gasteiger partial charge in [0.1, 0.15) is 18.0 Å². The zero-order valence-corrected chi connectivity index (χ0v) is 16.6. The van der Waals surface area contributed by atoms with Crippen LogP contribution in [0.3, 0.4) is 0 Å². The van der Waals surface area contributed by atoms with Gasteiger partial charge in [-0.3, -0.25) is 4.79 Å². The zero-order valence-electron chi connectivity index (χ0n) is 15.8. The molecular weight excluding hydrogens is 379 g/mol. The van der Waals surface area contributed by atoms with Crippen LogP contribution in [0.1, 0.15) is 19.3 Å². The number of rotatable bonds is 6. The largest absolute Gasteiger partial charge is 0.385 e. The molecular formula is C20H23FN4O2S. The molecule has 0 saturated carbocycles. The lowest BCUT2D eigenvalue weighted by molar-refractivity contribution is -0.125. The summed E-state index contributed by atoms with van der Waals surface area (Å²) in [5.41, 5.74) is 0.668. The minimum absolute atomic E-state index is 0.0241. The molecule has 1 fully saturated rings. The van der Waals surface area contributed by atoms with E-state index in [1.807, 2.05) is 6.07 Å². The molecule has 0 unspecified atom stereocenters. The highest BCUT2D eigenvalue weighted by Crippen LogP contribution is 2.39. The number of methoxy groups -OCH3 is 1. The van der Waals surface area contributed by atoms with Crippen molar-refractivity contribution in [2.24, 2.45) is 5.92 Å². The maximum absolute atomic E-state index is 14.3. The first-order chi connectivity index (χ1) is 13.7. The standard InChI is InChI=1S/C20H23FN4O2S/c1-27-11-3-8-22-20(26)13-6-9-25(10-7-13)19-18-17(23-12-24-19)16-14(21)4-2-5-15(16)28-18/h2,4-5,12-13H,3,6-11H2,1H3,(H,22,26). The van der Waals surface area contributed by atoms with E-state index in [1.54, 1.807) is 13.2 Å². The van der Waals surface area contributed by atoms with Gasteiger partial charge in [0.05, 0.1) is 15.6 Å². The van der Waals surface area contributed by atoms with Crippen LogP contribution in [0.5, 0.6) is 0 Å². The average molecular weight is 402 g/mol. The van der Waals surface area contributed by atoms with Crippen LogP contribution in [0, 0.1) is 11.7 Å². The summed E-state index contributed by atoms with van der Waals surface area (Å²) >= 11 is 1.52. The number of hydrogen-bond acceptors (Lipinski definition) is 6. The molecule has 0 aliphatic carbocycles. The number of halogens is 1. The SMILES string of the molecule is COCCCNC(=O)C1CCN(c2ncnc3c2sc2cccc(F)c23)CC1. The van der Waals surface area contributed by atoms with Gasteiger partial charge in [-0.1, -0.05) is 6.07 Å². The highest BCUT2D eigenvalue weighted by Gasteiger charge is 2.27. The van der Waals surface area contributed by atoms with E-state index in [0.29, 0.717) is 24.1 Å². The third-order valence-electron chi connectivity index (χ3n) is 5.20. The van der Waals surface area contributed by atoms with Crippen molar-refractivity contribution in [1.29, 1.82) is 0 Å². The van der Waals surface area contributed by atoms with Crippen LogP contribution in [-0.4, -0.2) is 49.2 Å². The van der Waals surface area contributed by atoms with E-state index in [-0.39, 0.29) is 17.6 Å². The molecule has 6 nitrogen and oxygen atoms in total. The number of thiophene rings is 1. The zero-order chi connectivity index (χ0) is 19.5. The van der Waals surface area contributed by atoms with Crippen molar-refractivity contribution in [2.45, 2.75) is 19.3 Å². The van der Waals surface area contributed by atoms with Crippen LogP contribution in [0.15, 0.2) is 24.5 Å². The minimum Gasteiger partial charge on any atom is -0.385 e. The molecule has 3 aromatic rings. The third-order valence-corrected chi connectivity index (χ3v) is 6.34. The number of carbonyl (C=O) groups is 1. The van der Waals surface area contributed by atoms with Crippen molar-refractivity contribution < 1.29 is 13.9 Å². The number of ether oxygens (including phenoxy) is 1. The lowest BCUT2D eigenvalue weighted by atomic mass is 9.96. The number of carbonyl (C=O) groups excluding carboxylic acids is 1. The van der Waals surface area contributed by atoms with Crippen molar-refractivity contribution in [1.82, 2.24) is 15.3 Å². The number of benzene rings is 1. The van der Waals surface area contributed by atoms with Gasteiger partial charge < -0.3 is 15.0 Å². The Kier molecular flexibility index (Phi) is 5.68. The molecule has 148 valence electrons. The monoisotopic (exact) mass is 402 g/mol. The Morgan fingerprint density at radius 3 is 2.96 bits per heavy atom. The lowest BCUT2D eigenvalue weighted by Gasteiger charge is -2.32. The number of nitrogens with zero attached hydrogens (tertiary/aromatic N) is 3. The van der Waals surface area contributed by atoms with Gasteiger partial charge in [0, 0.05) is 44.0 Å². The van der Waals surface area contributed by atoms with Crippen molar-refractivity contribution >= 4 is 43.4 Å². The molecule has 28 heavy (non-hydrogen) atoms. The van der Waals surface area contributed by atoms with Gasteiger partial charge in [-0.15, -0.1) is 11.3 Å². The molecule has 0 bridgehead atoms.